The fraction of sp³-hybridized carbons (Fsp3) is 0.286. The van der Waals surface area contributed by atoms with Gasteiger partial charge in [-0.15, -0.1) is 0 Å². The fourth-order valence-electron chi connectivity index (χ4n) is 3.60. The monoisotopic (exact) mass is 497 g/mol. The zero-order valence-corrected chi connectivity index (χ0v) is 20.4. The van der Waals surface area contributed by atoms with E-state index in [-0.39, 0.29) is 29.3 Å². The Labute approximate surface area is 210 Å². The predicted molar refractivity (Wildman–Crippen MR) is 136 cm³/mol. The quantitative estimate of drug-likeness (QED) is 0.225. The number of aryl methyl sites for hydroxylation is 2. The van der Waals surface area contributed by atoms with Crippen molar-refractivity contribution in [3.63, 3.8) is 0 Å². The molecule has 0 unspecified atom stereocenters. The molecule has 0 saturated heterocycles. The number of halogens is 2. The van der Waals surface area contributed by atoms with Crippen molar-refractivity contribution >= 4 is 29.2 Å². The molecule has 0 spiro atoms. The molecule has 0 heterocycles. The summed E-state index contributed by atoms with van der Waals surface area (Å²) >= 11 is 5.99. The molecule has 0 aliphatic carbocycles. The third-order valence-corrected chi connectivity index (χ3v) is 5.85. The van der Waals surface area contributed by atoms with Crippen LogP contribution < -0.4 is 10.1 Å². The topological polar surface area (TPSA) is 64.6 Å². The maximum absolute atomic E-state index is 14.5. The molecule has 0 bridgehead atoms. The zero-order chi connectivity index (χ0) is 25.0. The number of carbonyl (C=O) groups excluding carboxylic acids is 2. The molecule has 0 aromatic heterocycles. The summed E-state index contributed by atoms with van der Waals surface area (Å²) in [5.74, 6) is -0.824. The Balaban J connectivity index is 1.40. The number of methoxy groups -OCH3 is 1. The van der Waals surface area contributed by atoms with Gasteiger partial charge in [0.1, 0.15) is 11.6 Å². The van der Waals surface area contributed by atoms with Crippen molar-refractivity contribution in [1.82, 2.24) is 0 Å². The van der Waals surface area contributed by atoms with Gasteiger partial charge in [0.05, 0.1) is 24.3 Å². The summed E-state index contributed by atoms with van der Waals surface area (Å²) in [5.41, 5.74) is 2.33. The van der Waals surface area contributed by atoms with E-state index in [1.165, 1.54) is 30.9 Å². The van der Waals surface area contributed by atoms with Gasteiger partial charge in [-0.2, -0.15) is 0 Å². The minimum absolute atomic E-state index is 0.0781. The highest BCUT2D eigenvalue weighted by molar-refractivity contribution is 6.33. The van der Waals surface area contributed by atoms with Crippen LogP contribution in [-0.2, 0) is 22.4 Å². The lowest BCUT2D eigenvalue weighted by Gasteiger charge is -2.10. The SMILES string of the molecule is COC(=O)c1cc(NC(=O)CCc2ccc(OCCCCCc3ccccc3)cc2F)ccc1Cl. The maximum Gasteiger partial charge on any atom is 0.339 e. The third-order valence-electron chi connectivity index (χ3n) is 5.52. The first-order valence-corrected chi connectivity index (χ1v) is 12.0. The molecule has 0 atom stereocenters. The van der Waals surface area contributed by atoms with Gasteiger partial charge in [-0.05, 0) is 67.5 Å². The lowest BCUT2D eigenvalue weighted by molar-refractivity contribution is -0.116. The highest BCUT2D eigenvalue weighted by Gasteiger charge is 2.13. The molecule has 184 valence electrons. The Morgan fingerprint density at radius 2 is 1.74 bits per heavy atom. The van der Waals surface area contributed by atoms with E-state index >= 15 is 0 Å². The van der Waals surface area contributed by atoms with E-state index in [1.807, 2.05) is 18.2 Å². The number of nitrogens with one attached hydrogen (secondary N) is 1. The van der Waals surface area contributed by atoms with Gasteiger partial charge in [0, 0.05) is 18.2 Å². The highest BCUT2D eigenvalue weighted by Crippen LogP contribution is 2.22. The Morgan fingerprint density at radius 1 is 0.943 bits per heavy atom. The number of carbonyl (C=O) groups is 2. The van der Waals surface area contributed by atoms with Gasteiger partial charge < -0.3 is 14.8 Å². The first-order valence-electron chi connectivity index (χ1n) is 11.6. The number of anilines is 1. The number of hydrogen-bond donors (Lipinski definition) is 1. The molecule has 35 heavy (non-hydrogen) atoms. The largest absolute Gasteiger partial charge is 0.493 e. The van der Waals surface area contributed by atoms with Crippen LogP contribution in [0.15, 0.2) is 66.7 Å². The average Bonchev–Trinajstić information content (AvgIpc) is 2.87. The number of rotatable bonds is 12. The van der Waals surface area contributed by atoms with Crippen LogP contribution in [0.4, 0.5) is 10.1 Å². The summed E-state index contributed by atoms with van der Waals surface area (Å²) in [7, 11) is 1.25. The van der Waals surface area contributed by atoms with Gasteiger partial charge in [0.15, 0.2) is 0 Å². The van der Waals surface area contributed by atoms with Crippen molar-refractivity contribution in [2.45, 2.75) is 38.5 Å². The van der Waals surface area contributed by atoms with E-state index in [0.717, 1.165) is 25.7 Å². The molecule has 0 aliphatic heterocycles. The standard InChI is InChI=1S/C28H29ClFNO4/c1-34-28(33)24-18-22(13-15-25(24)29)31-27(32)16-12-21-11-14-23(19-26(21)30)35-17-7-3-6-10-20-8-4-2-5-9-20/h2,4-5,8-9,11,13-15,18-19H,3,6-7,10,12,16-17H2,1H3,(H,31,32). The minimum atomic E-state index is -0.595. The zero-order valence-electron chi connectivity index (χ0n) is 19.7. The van der Waals surface area contributed by atoms with Crippen molar-refractivity contribution in [2.24, 2.45) is 0 Å². The summed E-state index contributed by atoms with van der Waals surface area (Å²) in [5, 5.41) is 2.92. The van der Waals surface area contributed by atoms with E-state index in [4.69, 9.17) is 16.3 Å². The van der Waals surface area contributed by atoms with Crippen LogP contribution in [0.5, 0.6) is 5.75 Å². The van der Waals surface area contributed by atoms with Crippen LogP contribution in [0.25, 0.3) is 0 Å². The van der Waals surface area contributed by atoms with Crippen molar-refractivity contribution in [3.8, 4) is 5.75 Å². The molecule has 3 rings (SSSR count). The van der Waals surface area contributed by atoms with E-state index in [9.17, 15) is 14.0 Å². The molecule has 1 amide bonds. The molecule has 0 radical (unpaired) electrons. The van der Waals surface area contributed by atoms with Crippen molar-refractivity contribution < 1.29 is 23.5 Å². The van der Waals surface area contributed by atoms with Gasteiger partial charge >= 0.3 is 5.97 Å². The molecule has 0 aliphatic rings. The van der Waals surface area contributed by atoms with Gasteiger partial charge in [-0.3, -0.25) is 4.79 Å². The van der Waals surface area contributed by atoms with Crippen LogP contribution in [-0.4, -0.2) is 25.6 Å². The van der Waals surface area contributed by atoms with E-state index in [2.05, 4.69) is 22.2 Å². The summed E-state index contributed by atoms with van der Waals surface area (Å²) in [6.45, 7) is 0.532. The molecular formula is C28H29ClFNO4. The summed E-state index contributed by atoms with van der Waals surface area (Å²) in [6.07, 6.45) is 4.38. The number of hydrogen-bond acceptors (Lipinski definition) is 4. The number of benzene rings is 3. The first-order chi connectivity index (χ1) is 17.0. The lowest BCUT2D eigenvalue weighted by atomic mass is 10.1. The highest BCUT2D eigenvalue weighted by atomic mass is 35.5. The van der Waals surface area contributed by atoms with E-state index in [0.29, 0.717) is 23.6 Å². The minimum Gasteiger partial charge on any atom is -0.493 e. The molecule has 5 nitrogen and oxygen atoms in total. The van der Waals surface area contributed by atoms with E-state index < -0.39 is 11.8 Å². The molecule has 0 fully saturated rings. The number of esters is 1. The van der Waals surface area contributed by atoms with Crippen LogP contribution >= 0.6 is 11.6 Å². The first kappa shape index (κ1) is 26.2. The normalized spacial score (nSPS) is 10.6. The molecular weight excluding hydrogens is 469 g/mol. The van der Waals surface area contributed by atoms with Gasteiger partial charge in [-0.1, -0.05) is 48.0 Å². The van der Waals surface area contributed by atoms with Crippen LogP contribution in [0.1, 0.15) is 47.2 Å². The second-order valence-corrected chi connectivity index (χ2v) is 8.54. The Hall–Kier alpha value is -3.38. The fourth-order valence-corrected chi connectivity index (χ4v) is 3.80. The Kier molecular flexibility index (Phi) is 10.1. The number of unbranched alkanes of at least 4 members (excludes halogenated alkanes) is 2. The maximum atomic E-state index is 14.5. The smallest absolute Gasteiger partial charge is 0.339 e. The Morgan fingerprint density at radius 3 is 2.49 bits per heavy atom. The molecule has 3 aromatic carbocycles. The number of ether oxygens (including phenoxy) is 2. The second-order valence-electron chi connectivity index (χ2n) is 8.13. The summed E-state index contributed by atoms with van der Waals surface area (Å²) < 4.78 is 24.8. The van der Waals surface area contributed by atoms with Crippen molar-refractivity contribution in [2.75, 3.05) is 19.0 Å². The van der Waals surface area contributed by atoms with Crippen molar-refractivity contribution in [3.05, 3.63) is 94.3 Å². The molecule has 1 N–H and O–H groups in total. The van der Waals surface area contributed by atoms with Crippen LogP contribution in [0, 0.1) is 5.82 Å². The van der Waals surface area contributed by atoms with Crippen molar-refractivity contribution in [1.29, 1.82) is 0 Å². The summed E-state index contributed by atoms with van der Waals surface area (Å²) in [6, 6.07) is 19.6. The Bertz CT molecular complexity index is 1140. The van der Waals surface area contributed by atoms with E-state index in [1.54, 1.807) is 18.2 Å². The molecule has 3 aromatic rings. The second kappa shape index (κ2) is 13.5. The summed E-state index contributed by atoms with van der Waals surface area (Å²) in [4.78, 5) is 24.1. The molecule has 0 saturated carbocycles. The molecule has 7 heteroatoms. The van der Waals surface area contributed by atoms with Crippen LogP contribution in [0.2, 0.25) is 5.02 Å². The van der Waals surface area contributed by atoms with Crippen LogP contribution in [0.3, 0.4) is 0 Å². The average molecular weight is 498 g/mol. The van der Waals surface area contributed by atoms with Gasteiger partial charge in [0.2, 0.25) is 5.91 Å². The third kappa shape index (κ3) is 8.41. The number of amides is 1. The predicted octanol–water partition coefficient (Wildman–Crippen LogP) is 6.63. The van der Waals surface area contributed by atoms with Gasteiger partial charge in [-0.25, -0.2) is 9.18 Å². The lowest BCUT2D eigenvalue weighted by Crippen LogP contribution is -2.13. The van der Waals surface area contributed by atoms with Gasteiger partial charge in [0.25, 0.3) is 0 Å².